The largest absolute Gasteiger partial charge is 0.509 e. The molecule has 160 valence electrons. The van der Waals surface area contributed by atoms with Gasteiger partial charge in [-0.25, -0.2) is 0 Å². The number of aliphatic hydroxyl groups is 1. The van der Waals surface area contributed by atoms with Gasteiger partial charge >= 0.3 is 6.18 Å². The summed E-state index contributed by atoms with van der Waals surface area (Å²) in [6, 6.07) is -0.498. The molecule has 1 heterocycles. The Hall–Kier alpha value is -1.41. The Balaban J connectivity index is 3.26. The van der Waals surface area contributed by atoms with Crippen LogP contribution < -0.4 is 0 Å². The maximum Gasteiger partial charge on any atom is 0.416 e. The average molecular weight is 421 g/mol. The maximum atomic E-state index is 13.6. The number of nitrogens with zero attached hydrogens (tertiary/aromatic N) is 2. The number of likely N-dealkylation sites (N-methyl/N-ethyl adjacent to an activating group) is 1. The fourth-order valence-corrected chi connectivity index (χ4v) is 3.25. The molecular formula is C20H31F3N2O2S. The second kappa shape index (κ2) is 11.0. The zero-order valence-corrected chi connectivity index (χ0v) is 17.9. The first-order chi connectivity index (χ1) is 13.0. The Morgan fingerprint density at radius 2 is 1.93 bits per heavy atom. The highest BCUT2D eigenvalue weighted by Crippen LogP contribution is 2.34. The van der Waals surface area contributed by atoms with E-state index >= 15 is 0 Å². The van der Waals surface area contributed by atoms with E-state index in [9.17, 15) is 23.1 Å². The monoisotopic (exact) mass is 420 g/mol. The van der Waals surface area contributed by atoms with Crippen LogP contribution in [0.15, 0.2) is 34.1 Å². The molecular weight excluding hydrogens is 389 g/mol. The molecule has 0 saturated carbocycles. The van der Waals surface area contributed by atoms with Crippen LogP contribution in [0.1, 0.15) is 40.0 Å². The first-order valence-corrected chi connectivity index (χ1v) is 9.88. The number of aldehydes is 1. The topological polar surface area (TPSA) is 43.8 Å². The van der Waals surface area contributed by atoms with Crippen molar-refractivity contribution >= 4 is 18.9 Å². The third-order valence-electron chi connectivity index (χ3n) is 4.76. The summed E-state index contributed by atoms with van der Waals surface area (Å²) in [5.74, 6) is 0.249. The smallest absolute Gasteiger partial charge is 0.416 e. The molecule has 1 saturated heterocycles. The fourth-order valence-electron chi connectivity index (χ4n) is 3.10. The lowest BCUT2D eigenvalue weighted by Gasteiger charge is -2.33. The van der Waals surface area contributed by atoms with E-state index in [2.05, 4.69) is 17.5 Å². The first-order valence-electron chi connectivity index (χ1n) is 9.44. The second-order valence-electron chi connectivity index (χ2n) is 7.60. The van der Waals surface area contributed by atoms with Gasteiger partial charge in [-0.05, 0) is 56.8 Å². The molecule has 1 aliphatic heterocycles. The number of alkyl halides is 3. The molecule has 0 aromatic heterocycles. The number of allylic oxidation sites excluding steroid dienone is 3. The average Bonchev–Trinajstić information content (AvgIpc) is 2.53. The highest BCUT2D eigenvalue weighted by molar-refractivity contribution is 7.84. The van der Waals surface area contributed by atoms with Gasteiger partial charge in [-0.2, -0.15) is 13.2 Å². The van der Waals surface area contributed by atoms with Gasteiger partial charge in [0.2, 0.25) is 0 Å². The van der Waals surface area contributed by atoms with Crippen LogP contribution in [0.5, 0.6) is 0 Å². The Morgan fingerprint density at radius 3 is 2.32 bits per heavy atom. The number of carbonyl (C=O) groups is 1. The van der Waals surface area contributed by atoms with Gasteiger partial charge in [-0.3, -0.25) is 4.79 Å². The van der Waals surface area contributed by atoms with E-state index in [-0.39, 0.29) is 30.0 Å². The summed E-state index contributed by atoms with van der Waals surface area (Å²) >= 11 is 4.19. The molecule has 0 radical (unpaired) electrons. The molecule has 0 spiro atoms. The van der Waals surface area contributed by atoms with Crippen LogP contribution in [0.3, 0.4) is 0 Å². The molecule has 1 unspecified atom stereocenters. The van der Waals surface area contributed by atoms with Crippen LogP contribution in [0.2, 0.25) is 0 Å². The molecule has 1 atom stereocenters. The molecule has 4 nitrogen and oxygen atoms in total. The number of rotatable bonds is 10. The predicted molar refractivity (Wildman–Crippen MR) is 109 cm³/mol. The zero-order chi connectivity index (χ0) is 21.5. The van der Waals surface area contributed by atoms with E-state index in [1.165, 1.54) is 6.20 Å². The molecule has 0 aromatic carbocycles. The number of thiol groups is 1. The SMILES string of the molecule is C/C(S)=C(/O)C(CC(C)C)N(C)/C=C(CCN1CCC1)\C(=C/C=O)C(F)(F)F. The van der Waals surface area contributed by atoms with Crippen LogP contribution in [0.4, 0.5) is 13.2 Å². The fraction of sp³-hybridized carbons (Fsp3) is 0.650. The number of halogens is 3. The van der Waals surface area contributed by atoms with Crippen molar-refractivity contribution in [2.24, 2.45) is 5.92 Å². The third-order valence-corrected chi connectivity index (χ3v) is 4.99. The summed E-state index contributed by atoms with van der Waals surface area (Å²) in [5.41, 5.74) is -0.906. The van der Waals surface area contributed by atoms with Gasteiger partial charge in [0.15, 0.2) is 0 Å². The lowest BCUT2D eigenvalue weighted by atomic mass is 9.98. The third kappa shape index (κ3) is 7.54. The van der Waals surface area contributed by atoms with Gasteiger partial charge in [0, 0.05) is 24.7 Å². The summed E-state index contributed by atoms with van der Waals surface area (Å²) in [4.78, 5) is 14.9. The van der Waals surface area contributed by atoms with Gasteiger partial charge in [0.1, 0.15) is 12.0 Å². The number of hydrogen-bond donors (Lipinski definition) is 2. The first kappa shape index (κ1) is 24.6. The Bertz CT molecular complexity index is 619. The zero-order valence-electron chi connectivity index (χ0n) is 17.0. The van der Waals surface area contributed by atoms with Gasteiger partial charge < -0.3 is 14.9 Å². The Labute approximate surface area is 171 Å². The van der Waals surface area contributed by atoms with Crippen molar-refractivity contribution in [2.75, 3.05) is 26.7 Å². The molecule has 8 heteroatoms. The van der Waals surface area contributed by atoms with Crippen LogP contribution in [0.25, 0.3) is 0 Å². The molecule has 28 heavy (non-hydrogen) atoms. The van der Waals surface area contributed by atoms with Crippen molar-refractivity contribution in [3.63, 3.8) is 0 Å². The number of hydrogen-bond acceptors (Lipinski definition) is 5. The van der Waals surface area contributed by atoms with E-state index < -0.39 is 17.8 Å². The number of carbonyl (C=O) groups excluding carboxylic acids is 1. The van der Waals surface area contributed by atoms with Crippen molar-refractivity contribution in [1.29, 1.82) is 0 Å². The summed E-state index contributed by atoms with van der Waals surface area (Å²) < 4.78 is 40.7. The molecule has 1 fully saturated rings. The summed E-state index contributed by atoms with van der Waals surface area (Å²) in [5, 5.41) is 10.4. The highest BCUT2D eigenvalue weighted by atomic mass is 32.1. The molecule has 0 aliphatic carbocycles. The van der Waals surface area contributed by atoms with Crippen molar-refractivity contribution in [3.8, 4) is 0 Å². The van der Waals surface area contributed by atoms with E-state index in [4.69, 9.17) is 0 Å². The lowest BCUT2D eigenvalue weighted by Crippen LogP contribution is -2.38. The summed E-state index contributed by atoms with van der Waals surface area (Å²) in [6.07, 6.45) is -0.716. The molecule has 0 bridgehead atoms. The lowest BCUT2D eigenvalue weighted by molar-refractivity contribution is -0.106. The minimum Gasteiger partial charge on any atom is -0.509 e. The normalized spacial score (nSPS) is 18.6. The number of aliphatic hydroxyl groups excluding tert-OH is 1. The molecule has 1 rings (SSSR count). The van der Waals surface area contributed by atoms with Crippen LogP contribution in [0, 0.1) is 5.92 Å². The maximum absolute atomic E-state index is 13.6. The van der Waals surface area contributed by atoms with Crippen molar-refractivity contribution in [3.05, 3.63) is 34.1 Å². The minimum atomic E-state index is -4.63. The van der Waals surface area contributed by atoms with Crippen LogP contribution in [-0.4, -0.2) is 60.1 Å². The van der Waals surface area contributed by atoms with E-state index in [0.29, 0.717) is 23.9 Å². The molecule has 1 N–H and O–H groups in total. The van der Waals surface area contributed by atoms with E-state index in [0.717, 1.165) is 19.5 Å². The van der Waals surface area contributed by atoms with E-state index in [1.54, 1.807) is 18.9 Å². The molecule has 0 amide bonds. The van der Waals surface area contributed by atoms with Crippen LogP contribution >= 0.6 is 12.6 Å². The predicted octanol–water partition coefficient (Wildman–Crippen LogP) is 4.72. The highest BCUT2D eigenvalue weighted by Gasteiger charge is 2.36. The minimum absolute atomic E-state index is 0.0331. The van der Waals surface area contributed by atoms with Gasteiger partial charge in [-0.15, -0.1) is 12.6 Å². The summed E-state index contributed by atoms with van der Waals surface area (Å²) in [6.45, 7) is 7.84. The van der Waals surface area contributed by atoms with Crippen molar-refractivity contribution < 1.29 is 23.1 Å². The molecule has 1 aliphatic rings. The van der Waals surface area contributed by atoms with Gasteiger partial charge in [0.25, 0.3) is 0 Å². The Morgan fingerprint density at radius 1 is 1.32 bits per heavy atom. The summed E-state index contributed by atoms with van der Waals surface area (Å²) in [7, 11) is 1.64. The Kier molecular flexibility index (Phi) is 9.63. The van der Waals surface area contributed by atoms with Crippen LogP contribution in [-0.2, 0) is 4.79 Å². The van der Waals surface area contributed by atoms with Gasteiger partial charge in [-0.1, -0.05) is 13.8 Å². The van der Waals surface area contributed by atoms with Crippen molar-refractivity contribution in [2.45, 2.75) is 52.3 Å². The number of likely N-dealkylation sites (tertiary alicyclic amines) is 1. The standard InChI is InChI=1S/C20H31F3N2O2S/c1-14(2)12-18(19(27)15(3)28)24(4)13-16(6-10-25-8-5-9-25)17(7-11-26)20(21,22)23/h7,11,13-14,18,27-28H,5-6,8-10,12H2,1-4H3/b16-13-,17-7+,19-15-. The second-order valence-corrected chi connectivity index (χ2v) is 8.27. The van der Waals surface area contributed by atoms with E-state index in [1.807, 2.05) is 13.8 Å². The quantitative estimate of drug-likeness (QED) is 0.176. The molecule has 0 aromatic rings. The van der Waals surface area contributed by atoms with Crippen molar-refractivity contribution in [1.82, 2.24) is 9.80 Å². The van der Waals surface area contributed by atoms with Gasteiger partial charge in [0.05, 0.1) is 11.6 Å².